The van der Waals surface area contributed by atoms with Crippen LogP contribution in [0, 0.1) is 0 Å². The number of hydrogen-bond donors (Lipinski definition) is 3. The van der Waals surface area contributed by atoms with Gasteiger partial charge >= 0.3 is 12.2 Å². The van der Waals surface area contributed by atoms with Gasteiger partial charge in [0, 0.05) is 25.5 Å². The van der Waals surface area contributed by atoms with Gasteiger partial charge in [-0.05, 0) is 31.0 Å². The van der Waals surface area contributed by atoms with Gasteiger partial charge in [-0.2, -0.15) is 18.3 Å². The fraction of sp³-hybridized carbons (Fsp3) is 0.400. The Kier molecular flexibility index (Phi) is 4.38. The summed E-state index contributed by atoms with van der Waals surface area (Å²) in [5.74, 6) is 0.0346. The zero-order valence-corrected chi connectivity index (χ0v) is 13.0. The molecule has 0 bridgehead atoms. The minimum atomic E-state index is -4.47. The highest BCUT2D eigenvalue weighted by Crippen LogP contribution is 2.32. The molecule has 0 unspecified atom stereocenters. The summed E-state index contributed by atoms with van der Waals surface area (Å²) in [4.78, 5) is 17.3. The minimum absolute atomic E-state index is 0.0346. The highest BCUT2D eigenvalue weighted by atomic mass is 19.4. The molecule has 1 fully saturated rings. The molecule has 0 aliphatic carbocycles. The zero-order valence-electron chi connectivity index (χ0n) is 13.0. The molecule has 7 nitrogen and oxygen atoms in total. The first-order chi connectivity index (χ1) is 11.8. The van der Waals surface area contributed by atoms with Crippen molar-refractivity contribution in [2.24, 2.45) is 0 Å². The number of likely N-dealkylation sites (tertiary alicyclic amines) is 1. The first-order valence-corrected chi connectivity index (χ1v) is 7.59. The number of urea groups is 1. The minimum Gasteiger partial charge on any atom is -0.383 e. The molecule has 2 amide bonds. The quantitative estimate of drug-likeness (QED) is 0.771. The lowest BCUT2D eigenvalue weighted by Crippen LogP contribution is -2.46. The number of carbonyl (C=O) groups is 1. The van der Waals surface area contributed by atoms with E-state index < -0.39 is 23.4 Å². The van der Waals surface area contributed by atoms with Gasteiger partial charge in [0.05, 0.1) is 11.3 Å². The monoisotopic (exact) mass is 355 g/mol. The maximum Gasteiger partial charge on any atom is 0.417 e. The number of amides is 2. The third-order valence-corrected chi connectivity index (χ3v) is 4.21. The molecular weight excluding hydrogens is 339 g/mol. The molecule has 0 spiro atoms. The lowest BCUT2D eigenvalue weighted by molar-refractivity contribution is -0.137. The molecule has 25 heavy (non-hydrogen) atoms. The van der Waals surface area contributed by atoms with Gasteiger partial charge in [0.1, 0.15) is 11.4 Å². The van der Waals surface area contributed by atoms with E-state index in [1.165, 1.54) is 4.90 Å². The van der Waals surface area contributed by atoms with Crippen molar-refractivity contribution < 1.29 is 23.1 Å². The average Bonchev–Trinajstić information content (AvgIpc) is 3.10. The molecule has 1 aliphatic heterocycles. The Morgan fingerprint density at radius 2 is 2.00 bits per heavy atom. The number of pyridine rings is 1. The predicted molar refractivity (Wildman–Crippen MR) is 81.5 cm³/mol. The average molecular weight is 355 g/mol. The smallest absolute Gasteiger partial charge is 0.383 e. The van der Waals surface area contributed by atoms with Crippen molar-refractivity contribution in [3.05, 3.63) is 41.9 Å². The van der Waals surface area contributed by atoms with Crippen LogP contribution in [-0.4, -0.2) is 44.3 Å². The summed E-state index contributed by atoms with van der Waals surface area (Å²) < 4.78 is 37.5. The van der Waals surface area contributed by atoms with Crippen LogP contribution in [0.3, 0.4) is 0 Å². The Labute approximate surface area is 140 Å². The highest BCUT2D eigenvalue weighted by Gasteiger charge is 2.36. The molecule has 1 saturated heterocycles. The number of halogens is 3. The first kappa shape index (κ1) is 17.2. The van der Waals surface area contributed by atoms with Gasteiger partial charge in [0.25, 0.3) is 0 Å². The van der Waals surface area contributed by atoms with Crippen LogP contribution >= 0.6 is 0 Å². The second-order valence-corrected chi connectivity index (χ2v) is 5.85. The van der Waals surface area contributed by atoms with Gasteiger partial charge in [0.2, 0.25) is 0 Å². The van der Waals surface area contributed by atoms with Crippen molar-refractivity contribution >= 4 is 11.8 Å². The van der Waals surface area contributed by atoms with E-state index in [0.717, 1.165) is 12.1 Å². The van der Waals surface area contributed by atoms with Crippen LogP contribution in [0.5, 0.6) is 0 Å². The summed E-state index contributed by atoms with van der Waals surface area (Å²) in [6, 6.07) is 3.17. The molecule has 0 aromatic carbocycles. The number of aromatic amines is 1. The first-order valence-electron chi connectivity index (χ1n) is 7.59. The number of aliphatic hydroxyl groups is 1. The standard InChI is InChI=1S/C15H16F3N5O2/c16-15(17,18)10-1-2-12(19-9-10)21-13(24)23-7-4-14(25,5-8-23)11-3-6-20-22-11/h1-3,6,9,25H,4-5,7-8H2,(H,20,22)(H,19,21,24). The Balaban J connectivity index is 1.58. The third-order valence-electron chi connectivity index (χ3n) is 4.21. The SMILES string of the molecule is O=C(Nc1ccc(C(F)(F)F)cn1)N1CCC(O)(c2ccn[nH]2)CC1. The molecule has 1 aliphatic rings. The largest absolute Gasteiger partial charge is 0.417 e. The maximum atomic E-state index is 12.5. The number of nitrogens with zero attached hydrogens (tertiary/aromatic N) is 3. The van der Waals surface area contributed by atoms with Crippen LogP contribution in [0.1, 0.15) is 24.1 Å². The second-order valence-electron chi connectivity index (χ2n) is 5.85. The van der Waals surface area contributed by atoms with Gasteiger partial charge in [0.15, 0.2) is 0 Å². The second kappa shape index (κ2) is 6.36. The zero-order chi connectivity index (χ0) is 18.1. The van der Waals surface area contributed by atoms with E-state index in [4.69, 9.17) is 0 Å². The Hall–Kier alpha value is -2.62. The van der Waals surface area contributed by atoms with E-state index in [1.807, 2.05) is 0 Å². The number of H-pyrrole nitrogens is 1. The number of carbonyl (C=O) groups excluding carboxylic acids is 1. The van der Waals surface area contributed by atoms with E-state index in [0.29, 0.717) is 37.8 Å². The fourth-order valence-corrected chi connectivity index (χ4v) is 2.69. The van der Waals surface area contributed by atoms with Gasteiger partial charge in [-0.1, -0.05) is 0 Å². The molecule has 10 heteroatoms. The summed E-state index contributed by atoms with van der Waals surface area (Å²) in [5.41, 5.74) is -1.36. The number of hydrogen-bond acceptors (Lipinski definition) is 4. The molecular formula is C15H16F3N5O2. The number of piperidine rings is 1. The van der Waals surface area contributed by atoms with Crippen LogP contribution in [0.15, 0.2) is 30.6 Å². The van der Waals surface area contributed by atoms with Gasteiger partial charge in [-0.25, -0.2) is 9.78 Å². The summed E-state index contributed by atoms with van der Waals surface area (Å²) in [6.07, 6.45) is -1.61. The predicted octanol–water partition coefficient (Wildman–Crippen LogP) is 2.34. The molecule has 3 N–H and O–H groups in total. The van der Waals surface area contributed by atoms with E-state index >= 15 is 0 Å². The summed E-state index contributed by atoms with van der Waals surface area (Å²) in [7, 11) is 0. The van der Waals surface area contributed by atoms with Gasteiger partial charge < -0.3 is 10.0 Å². The molecule has 0 saturated carbocycles. The Morgan fingerprint density at radius 1 is 1.28 bits per heavy atom. The molecule has 3 rings (SSSR count). The van der Waals surface area contributed by atoms with Crippen molar-refractivity contribution in [2.75, 3.05) is 18.4 Å². The van der Waals surface area contributed by atoms with Crippen molar-refractivity contribution in [3.63, 3.8) is 0 Å². The van der Waals surface area contributed by atoms with Gasteiger partial charge in [-0.15, -0.1) is 0 Å². The van der Waals surface area contributed by atoms with E-state index in [-0.39, 0.29) is 5.82 Å². The van der Waals surface area contributed by atoms with Crippen LogP contribution in [0.4, 0.5) is 23.8 Å². The molecule has 0 atom stereocenters. The van der Waals surface area contributed by atoms with Crippen molar-refractivity contribution in [2.45, 2.75) is 24.6 Å². The van der Waals surface area contributed by atoms with Crippen molar-refractivity contribution in [3.8, 4) is 0 Å². The lowest BCUT2D eigenvalue weighted by Gasteiger charge is -2.37. The molecule has 3 heterocycles. The molecule has 2 aromatic heterocycles. The van der Waals surface area contributed by atoms with Gasteiger partial charge in [-0.3, -0.25) is 10.4 Å². The Morgan fingerprint density at radius 3 is 2.52 bits per heavy atom. The lowest BCUT2D eigenvalue weighted by atomic mass is 9.88. The Bertz CT molecular complexity index is 723. The highest BCUT2D eigenvalue weighted by molar-refractivity contribution is 5.88. The normalized spacial score (nSPS) is 17.4. The summed E-state index contributed by atoms with van der Waals surface area (Å²) in [6.45, 7) is 0.587. The molecule has 134 valence electrons. The number of rotatable bonds is 2. The van der Waals surface area contributed by atoms with Crippen LogP contribution in [-0.2, 0) is 11.8 Å². The molecule has 0 radical (unpaired) electrons. The number of aromatic nitrogens is 3. The fourth-order valence-electron chi connectivity index (χ4n) is 2.69. The van der Waals surface area contributed by atoms with Crippen LogP contribution < -0.4 is 5.32 Å². The number of alkyl halides is 3. The van der Waals surface area contributed by atoms with Crippen LogP contribution in [0.2, 0.25) is 0 Å². The third kappa shape index (κ3) is 3.73. The summed E-state index contributed by atoms with van der Waals surface area (Å²) in [5, 5.41) is 19.6. The van der Waals surface area contributed by atoms with E-state index in [2.05, 4.69) is 20.5 Å². The topological polar surface area (TPSA) is 94.1 Å². The van der Waals surface area contributed by atoms with Crippen molar-refractivity contribution in [1.29, 1.82) is 0 Å². The molecule has 2 aromatic rings. The number of anilines is 1. The number of nitrogens with one attached hydrogen (secondary N) is 2. The maximum absolute atomic E-state index is 12.5. The van der Waals surface area contributed by atoms with E-state index in [1.54, 1.807) is 12.3 Å². The van der Waals surface area contributed by atoms with E-state index in [9.17, 15) is 23.1 Å². The summed E-state index contributed by atoms with van der Waals surface area (Å²) >= 11 is 0. The van der Waals surface area contributed by atoms with Crippen molar-refractivity contribution in [1.82, 2.24) is 20.1 Å². The van der Waals surface area contributed by atoms with Crippen LogP contribution in [0.25, 0.3) is 0 Å².